The fourth-order valence-electron chi connectivity index (χ4n) is 2.57. The summed E-state index contributed by atoms with van der Waals surface area (Å²) in [6.45, 7) is 0.861. The van der Waals surface area contributed by atoms with Gasteiger partial charge in [-0.2, -0.15) is 0 Å². The third kappa shape index (κ3) is 2.43. The molecule has 1 fully saturated rings. The van der Waals surface area contributed by atoms with Crippen LogP contribution in [0.15, 0.2) is 24.5 Å². The van der Waals surface area contributed by atoms with Crippen LogP contribution in [0.5, 0.6) is 5.75 Å². The Hall–Kier alpha value is -1.51. The highest BCUT2D eigenvalue weighted by Gasteiger charge is 2.13. The summed E-state index contributed by atoms with van der Waals surface area (Å²) in [4.78, 5) is 7.31. The van der Waals surface area contributed by atoms with E-state index in [9.17, 15) is 0 Å². The van der Waals surface area contributed by atoms with Gasteiger partial charge in [-0.25, -0.2) is 4.98 Å². The first-order valence-corrected chi connectivity index (χ1v) is 6.48. The average molecular weight is 230 g/mol. The molecule has 3 rings (SSSR count). The maximum absolute atomic E-state index is 5.88. The van der Waals surface area contributed by atoms with Gasteiger partial charge in [0.25, 0.3) is 0 Å². The number of ether oxygens (including phenoxy) is 1. The van der Waals surface area contributed by atoms with E-state index in [2.05, 4.69) is 9.97 Å². The Kier molecular flexibility index (Phi) is 2.99. The molecule has 1 N–H and O–H groups in total. The number of fused-ring (bicyclic) bond motifs is 1. The van der Waals surface area contributed by atoms with Gasteiger partial charge in [0.1, 0.15) is 5.75 Å². The standard InChI is InChI=1S/C14H18N2O/c1-2-4-11(5-3-1)9-17-12-6-7-13-14(8-12)16-10-15-13/h6-8,10-11H,1-5,9H2,(H,15,16). The third-order valence-electron chi connectivity index (χ3n) is 3.60. The van der Waals surface area contributed by atoms with Crippen LogP contribution in [-0.2, 0) is 0 Å². The molecular formula is C14H18N2O. The minimum atomic E-state index is 0.751. The second-order valence-electron chi connectivity index (χ2n) is 4.90. The first-order chi connectivity index (χ1) is 8.42. The molecule has 0 atom stereocenters. The summed E-state index contributed by atoms with van der Waals surface area (Å²) in [6.07, 6.45) is 8.51. The molecule has 0 aliphatic heterocycles. The Morgan fingerprint density at radius 2 is 2.12 bits per heavy atom. The van der Waals surface area contributed by atoms with Crippen LogP contribution in [0.25, 0.3) is 11.0 Å². The summed E-state index contributed by atoms with van der Waals surface area (Å²) >= 11 is 0. The van der Waals surface area contributed by atoms with Gasteiger partial charge in [0.05, 0.1) is 24.0 Å². The predicted molar refractivity (Wildman–Crippen MR) is 68.2 cm³/mol. The van der Waals surface area contributed by atoms with Crippen LogP contribution in [0.1, 0.15) is 32.1 Å². The molecule has 0 amide bonds. The van der Waals surface area contributed by atoms with E-state index in [1.165, 1.54) is 32.1 Å². The number of nitrogens with one attached hydrogen (secondary N) is 1. The number of benzene rings is 1. The Balaban J connectivity index is 1.63. The Labute approximate surface area is 101 Å². The van der Waals surface area contributed by atoms with Crippen LogP contribution in [-0.4, -0.2) is 16.6 Å². The monoisotopic (exact) mass is 230 g/mol. The molecule has 1 saturated carbocycles. The van der Waals surface area contributed by atoms with E-state index in [-0.39, 0.29) is 0 Å². The lowest BCUT2D eigenvalue weighted by Gasteiger charge is -2.21. The van der Waals surface area contributed by atoms with Gasteiger partial charge in [0, 0.05) is 6.07 Å². The van der Waals surface area contributed by atoms with Crippen molar-refractivity contribution in [2.75, 3.05) is 6.61 Å². The van der Waals surface area contributed by atoms with E-state index in [1.807, 2.05) is 18.2 Å². The van der Waals surface area contributed by atoms with Gasteiger partial charge in [-0.3, -0.25) is 0 Å². The number of rotatable bonds is 3. The lowest BCUT2D eigenvalue weighted by atomic mass is 9.90. The number of aromatic nitrogens is 2. The molecule has 0 saturated heterocycles. The van der Waals surface area contributed by atoms with Crippen LogP contribution in [0, 0.1) is 5.92 Å². The van der Waals surface area contributed by atoms with Gasteiger partial charge < -0.3 is 9.72 Å². The summed E-state index contributed by atoms with van der Waals surface area (Å²) < 4.78 is 5.88. The zero-order valence-corrected chi connectivity index (χ0v) is 9.98. The lowest BCUT2D eigenvalue weighted by Crippen LogP contribution is -2.15. The van der Waals surface area contributed by atoms with Crippen molar-refractivity contribution in [3.8, 4) is 5.75 Å². The molecule has 0 radical (unpaired) electrons. The van der Waals surface area contributed by atoms with Gasteiger partial charge in [0.2, 0.25) is 0 Å². The quantitative estimate of drug-likeness (QED) is 0.876. The molecular weight excluding hydrogens is 212 g/mol. The smallest absolute Gasteiger partial charge is 0.121 e. The first kappa shape index (κ1) is 10.6. The molecule has 1 heterocycles. The van der Waals surface area contributed by atoms with Crippen molar-refractivity contribution >= 4 is 11.0 Å². The van der Waals surface area contributed by atoms with Crippen LogP contribution >= 0.6 is 0 Å². The fraction of sp³-hybridized carbons (Fsp3) is 0.500. The van der Waals surface area contributed by atoms with Crippen molar-refractivity contribution in [3.63, 3.8) is 0 Å². The number of H-pyrrole nitrogens is 1. The maximum Gasteiger partial charge on any atom is 0.121 e. The highest BCUT2D eigenvalue weighted by atomic mass is 16.5. The topological polar surface area (TPSA) is 37.9 Å². The molecule has 0 unspecified atom stereocenters. The zero-order valence-electron chi connectivity index (χ0n) is 9.98. The molecule has 1 aliphatic rings. The Bertz CT molecular complexity index is 486. The minimum Gasteiger partial charge on any atom is -0.493 e. The second kappa shape index (κ2) is 4.78. The SMILES string of the molecule is c1nc2ccc(OCC3CCCCC3)cc2[nH]1. The number of nitrogens with zero attached hydrogens (tertiary/aromatic N) is 1. The summed E-state index contributed by atoms with van der Waals surface area (Å²) in [5, 5.41) is 0. The van der Waals surface area contributed by atoms with Gasteiger partial charge in [-0.1, -0.05) is 19.3 Å². The van der Waals surface area contributed by atoms with Crippen LogP contribution < -0.4 is 4.74 Å². The highest BCUT2D eigenvalue weighted by molar-refractivity contribution is 5.75. The largest absolute Gasteiger partial charge is 0.493 e. The Morgan fingerprint density at radius 1 is 1.24 bits per heavy atom. The number of aromatic amines is 1. The summed E-state index contributed by atoms with van der Waals surface area (Å²) in [6, 6.07) is 6.04. The normalized spacial score (nSPS) is 17.4. The van der Waals surface area contributed by atoms with Gasteiger partial charge in [-0.15, -0.1) is 0 Å². The van der Waals surface area contributed by atoms with E-state index in [1.54, 1.807) is 6.33 Å². The molecule has 2 aromatic rings. The molecule has 17 heavy (non-hydrogen) atoms. The molecule has 1 aromatic carbocycles. The van der Waals surface area contributed by atoms with Crippen molar-refractivity contribution < 1.29 is 4.74 Å². The van der Waals surface area contributed by atoms with Crippen LogP contribution in [0.4, 0.5) is 0 Å². The van der Waals surface area contributed by atoms with E-state index < -0.39 is 0 Å². The van der Waals surface area contributed by atoms with Gasteiger partial charge >= 0.3 is 0 Å². The minimum absolute atomic E-state index is 0.751. The van der Waals surface area contributed by atoms with E-state index in [0.717, 1.165) is 29.3 Å². The van der Waals surface area contributed by atoms with Gasteiger partial charge in [-0.05, 0) is 30.9 Å². The van der Waals surface area contributed by atoms with Crippen molar-refractivity contribution in [3.05, 3.63) is 24.5 Å². The van der Waals surface area contributed by atoms with Crippen molar-refractivity contribution in [1.29, 1.82) is 0 Å². The molecule has 90 valence electrons. The van der Waals surface area contributed by atoms with E-state index >= 15 is 0 Å². The van der Waals surface area contributed by atoms with E-state index in [4.69, 9.17) is 4.74 Å². The highest BCUT2D eigenvalue weighted by Crippen LogP contribution is 2.25. The number of imidazole rings is 1. The third-order valence-corrected chi connectivity index (χ3v) is 3.60. The maximum atomic E-state index is 5.88. The molecule has 0 spiro atoms. The summed E-state index contributed by atoms with van der Waals surface area (Å²) in [5.74, 6) is 1.70. The van der Waals surface area contributed by atoms with Crippen LogP contribution in [0.2, 0.25) is 0 Å². The molecule has 3 nitrogen and oxygen atoms in total. The number of hydrogen-bond acceptors (Lipinski definition) is 2. The summed E-state index contributed by atoms with van der Waals surface area (Å²) in [5.41, 5.74) is 2.04. The average Bonchev–Trinajstić information content (AvgIpc) is 2.85. The van der Waals surface area contributed by atoms with Crippen molar-refractivity contribution in [1.82, 2.24) is 9.97 Å². The number of hydrogen-bond donors (Lipinski definition) is 1. The zero-order chi connectivity index (χ0) is 11.5. The first-order valence-electron chi connectivity index (χ1n) is 6.48. The molecule has 0 bridgehead atoms. The van der Waals surface area contributed by atoms with Gasteiger partial charge in [0.15, 0.2) is 0 Å². The molecule has 3 heteroatoms. The van der Waals surface area contributed by atoms with Crippen molar-refractivity contribution in [2.45, 2.75) is 32.1 Å². The fourth-order valence-corrected chi connectivity index (χ4v) is 2.57. The predicted octanol–water partition coefficient (Wildman–Crippen LogP) is 3.52. The Morgan fingerprint density at radius 3 is 3.00 bits per heavy atom. The summed E-state index contributed by atoms with van der Waals surface area (Å²) in [7, 11) is 0. The lowest BCUT2D eigenvalue weighted by molar-refractivity contribution is 0.209. The van der Waals surface area contributed by atoms with Crippen LogP contribution in [0.3, 0.4) is 0 Å². The molecule has 1 aliphatic carbocycles. The molecule has 1 aromatic heterocycles. The second-order valence-corrected chi connectivity index (χ2v) is 4.90. The van der Waals surface area contributed by atoms with Crippen molar-refractivity contribution in [2.24, 2.45) is 5.92 Å². The van der Waals surface area contributed by atoms with E-state index in [0.29, 0.717) is 0 Å².